The average Bonchev–Trinajstić information content (AvgIpc) is 2.88. The van der Waals surface area contributed by atoms with Gasteiger partial charge in [-0.15, -0.1) is 0 Å². The molecule has 0 bridgehead atoms. The number of nitrogens with zero attached hydrogens (tertiary/aromatic N) is 1. The van der Waals surface area contributed by atoms with Crippen molar-refractivity contribution in [2.24, 2.45) is 5.16 Å². The lowest BCUT2D eigenvalue weighted by atomic mass is 9.92. The molecular formula is C18H19ClN2O2. The van der Waals surface area contributed by atoms with Crippen LogP contribution in [0.1, 0.15) is 52.6 Å². The van der Waals surface area contributed by atoms with Crippen LogP contribution >= 0.6 is 11.6 Å². The maximum absolute atomic E-state index is 12.1. The van der Waals surface area contributed by atoms with Gasteiger partial charge in [-0.3, -0.25) is 0 Å². The van der Waals surface area contributed by atoms with E-state index in [-0.39, 0.29) is 0 Å². The molecule has 5 heteroatoms. The Hall–Kier alpha value is -2.07. The van der Waals surface area contributed by atoms with Crippen LogP contribution in [-0.2, 0) is 17.7 Å². The van der Waals surface area contributed by atoms with Gasteiger partial charge in [0.25, 0.3) is 0 Å². The Labute approximate surface area is 140 Å². The van der Waals surface area contributed by atoms with Crippen LogP contribution in [0.3, 0.4) is 0 Å². The van der Waals surface area contributed by atoms with Gasteiger partial charge in [-0.2, -0.15) is 0 Å². The number of benzene rings is 1. The van der Waals surface area contributed by atoms with E-state index in [0.717, 1.165) is 37.0 Å². The summed E-state index contributed by atoms with van der Waals surface area (Å²) < 4.78 is 0. The summed E-state index contributed by atoms with van der Waals surface area (Å²) >= 11 is 5.82. The fourth-order valence-corrected chi connectivity index (χ4v) is 3.22. The minimum Gasteiger partial charge on any atom is -0.362 e. The second-order valence-corrected chi connectivity index (χ2v) is 6.15. The molecule has 1 aromatic heterocycles. The number of rotatable bonds is 3. The Morgan fingerprint density at radius 2 is 2.04 bits per heavy atom. The first-order chi connectivity index (χ1) is 11.1. The molecule has 1 aliphatic rings. The zero-order valence-corrected chi connectivity index (χ0v) is 14.0. The summed E-state index contributed by atoms with van der Waals surface area (Å²) in [6.45, 7) is 4.21. The number of fused-ring (bicyclic) bond motifs is 1. The normalized spacial score (nSPS) is 15.5. The number of carbonyl (C=O) groups is 1. The zero-order chi connectivity index (χ0) is 16.4. The Bertz CT molecular complexity index is 760. The van der Waals surface area contributed by atoms with Gasteiger partial charge >= 0.3 is 5.97 Å². The molecule has 1 aromatic carbocycles. The Morgan fingerprint density at radius 3 is 2.74 bits per heavy atom. The van der Waals surface area contributed by atoms with E-state index >= 15 is 0 Å². The van der Waals surface area contributed by atoms with E-state index < -0.39 is 5.97 Å². The Kier molecular flexibility index (Phi) is 4.53. The summed E-state index contributed by atoms with van der Waals surface area (Å²) in [6, 6.07) is 6.59. The third-order valence-corrected chi connectivity index (χ3v) is 4.45. The van der Waals surface area contributed by atoms with Gasteiger partial charge in [0.2, 0.25) is 0 Å². The predicted molar refractivity (Wildman–Crippen MR) is 91.3 cm³/mol. The van der Waals surface area contributed by atoms with Crippen molar-refractivity contribution in [3.63, 3.8) is 0 Å². The number of nitrogens with one attached hydrogen (secondary N) is 1. The number of aromatic amines is 1. The van der Waals surface area contributed by atoms with Crippen molar-refractivity contribution in [3.8, 4) is 0 Å². The molecule has 0 radical (unpaired) electrons. The van der Waals surface area contributed by atoms with Crippen molar-refractivity contribution in [2.75, 3.05) is 0 Å². The summed E-state index contributed by atoms with van der Waals surface area (Å²) in [6.07, 6.45) is 3.78. The molecular weight excluding hydrogens is 312 g/mol. The summed E-state index contributed by atoms with van der Waals surface area (Å²) in [5, 5.41) is 4.74. The highest BCUT2D eigenvalue weighted by molar-refractivity contribution is 6.30. The van der Waals surface area contributed by atoms with Crippen molar-refractivity contribution in [1.29, 1.82) is 0 Å². The highest BCUT2D eigenvalue weighted by atomic mass is 35.5. The monoisotopic (exact) mass is 330 g/mol. The van der Waals surface area contributed by atoms with E-state index in [9.17, 15) is 4.79 Å². The fraction of sp³-hybridized carbons (Fsp3) is 0.333. The van der Waals surface area contributed by atoms with Crippen molar-refractivity contribution in [3.05, 3.63) is 57.4 Å². The first kappa shape index (κ1) is 15.8. The number of halogens is 1. The molecule has 0 unspecified atom stereocenters. The van der Waals surface area contributed by atoms with Crippen LogP contribution in [0.5, 0.6) is 0 Å². The summed E-state index contributed by atoms with van der Waals surface area (Å²) in [5.41, 5.74) is 6.08. The minimum absolute atomic E-state index is 0.441. The van der Waals surface area contributed by atoms with Crippen LogP contribution in [0.4, 0.5) is 0 Å². The minimum atomic E-state index is -0.466. The maximum Gasteiger partial charge on any atom is 0.365 e. The molecule has 0 saturated carbocycles. The lowest BCUT2D eigenvalue weighted by Gasteiger charge is -2.14. The molecule has 0 spiro atoms. The SMILES string of the molecule is CCc1c(C)[nH]c2c1C(=NOC(=O)c1ccc(Cl)cc1)CCC2. The molecule has 2 aromatic rings. The molecule has 1 heterocycles. The van der Waals surface area contributed by atoms with E-state index in [1.165, 1.54) is 17.0 Å². The van der Waals surface area contributed by atoms with Gasteiger partial charge in [0.1, 0.15) is 0 Å². The molecule has 3 rings (SSSR count). The van der Waals surface area contributed by atoms with Crippen molar-refractivity contribution in [2.45, 2.75) is 39.5 Å². The Morgan fingerprint density at radius 1 is 1.30 bits per heavy atom. The van der Waals surface area contributed by atoms with Crippen LogP contribution in [0.15, 0.2) is 29.4 Å². The van der Waals surface area contributed by atoms with Gasteiger partial charge in [-0.25, -0.2) is 4.79 Å². The standard InChI is InChI=1S/C18H19ClN2O2/c1-3-14-11(2)20-15-5-4-6-16(17(14)15)21-23-18(22)12-7-9-13(19)10-8-12/h7-10,20H,3-6H2,1-2H3. The van der Waals surface area contributed by atoms with Gasteiger partial charge in [0.15, 0.2) is 0 Å². The molecule has 1 aliphatic carbocycles. The second-order valence-electron chi connectivity index (χ2n) is 5.71. The van der Waals surface area contributed by atoms with E-state index in [2.05, 4.69) is 24.0 Å². The quantitative estimate of drug-likeness (QED) is 0.668. The van der Waals surface area contributed by atoms with Gasteiger partial charge in [0, 0.05) is 22.0 Å². The molecule has 0 aliphatic heterocycles. The van der Waals surface area contributed by atoms with E-state index in [4.69, 9.17) is 16.4 Å². The van der Waals surface area contributed by atoms with E-state index in [1.807, 2.05) is 0 Å². The second kappa shape index (κ2) is 6.59. The topological polar surface area (TPSA) is 54.4 Å². The summed E-state index contributed by atoms with van der Waals surface area (Å²) in [5.74, 6) is -0.466. The van der Waals surface area contributed by atoms with Crippen LogP contribution < -0.4 is 0 Å². The third-order valence-electron chi connectivity index (χ3n) is 4.20. The maximum atomic E-state index is 12.1. The van der Waals surface area contributed by atoms with Gasteiger partial charge in [-0.1, -0.05) is 23.7 Å². The summed E-state index contributed by atoms with van der Waals surface area (Å²) in [4.78, 5) is 20.7. The molecule has 0 atom stereocenters. The van der Waals surface area contributed by atoms with E-state index in [0.29, 0.717) is 10.6 Å². The predicted octanol–water partition coefficient (Wildman–Crippen LogP) is 4.44. The van der Waals surface area contributed by atoms with Crippen LogP contribution in [0, 0.1) is 6.92 Å². The fourth-order valence-electron chi connectivity index (χ4n) is 3.10. The number of carbonyl (C=O) groups excluding carboxylic acids is 1. The molecule has 0 saturated heterocycles. The molecule has 23 heavy (non-hydrogen) atoms. The van der Waals surface area contributed by atoms with Crippen molar-refractivity contribution < 1.29 is 9.63 Å². The average molecular weight is 331 g/mol. The van der Waals surface area contributed by atoms with Gasteiger partial charge < -0.3 is 9.82 Å². The number of hydrogen-bond acceptors (Lipinski definition) is 3. The molecule has 4 nitrogen and oxygen atoms in total. The molecule has 1 N–H and O–H groups in total. The van der Waals surface area contributed by atoms with Crippen LogP contribution in [0.2, 0.25) is 5.02 Å². The van der Waals surface area contributed by atoms with Crippen molar-refractivity contribution >= 4 is 23.3 Å². The van der Waals surface area contributed by atoms with Crippen LogP contribution in [0.25, 0.3) is 0 Å². The number of aromatic nitrogens is 1. The third kappa shape index (κ3) is 3.17. The Balaban J connectivity index is 1.84. The molecule has 0 amide bonds. The smallest absolute Gasteiger partial charge is 0.362 e. The van der Waals surface area contributed by atoms with E-state index in [1.54, 1.807) is 24.3 Å². The largest absolute Gasteiger partial charge is 0.365 e. The molecule has 120 valence electrons. The molecule has 0 fully saturated rings. The van der Waals surface area contributed by atoms with Crippen LogP contribution in [-0.4, -0.2) is 16.7 Å². The first-order valence-corrected chi connectivity index (χ1v) is 8.22. The zero-order valence-electron chi connectivity index (χ0n) is 13.3. The number of hydrogen-bond donors (Lipinski definition) is 1. The lowest BCUT2D eigenvalue weighted by molar-refractivity contribution is 0.0515. The first-order valence-electron chi connectivity index (χ1n) is 7.84. The van der Waals surface area contributed by atoms with Gasteiger partial charge in [-0.05, 0) is 62.4 Å². The van der Waals surface area contributed by atoms with Gasteiger partial charge in [0.05, 0.1) is 11.3 Å². The highest BCUT2D eigenvalue weighted by Crippen LogP contribution is 2.28. The lowest BCUT2D eigenvalue weighted by Crippen LogP contribution is -2.14. The highest BCUT2D eigenvalue weighted by Gasteiger charge is 2.23. The number of aryl methyl sites for hydroxylation is 2. The number of oxime groups is 1. The van der Waals surface area contributed by atoms with Crippen molar-refractivity contribution in [1.82, 2.24) is 4.98 Å². The number of H-pyrrole nitrogens is 1. The summed E-state index contributed by atoms with van der Waals surface area (Å²) in [7, 11) is 0.